The summed E-state index contributed by atoms with van der Waals surface area (Å²) in [5.74, 6) is 0.188. The normalized spacial score (nSPS) is 14.8. The summed E-state index contributed by atoms with van der Waals surface area (Å²) in [7, 11) is 1.52. The molecule has 0 unspecified atom stereocenters. The smallest absolute Gasteiger partial charge is 0.411 e. The Kier molecular flexibility index (Phi) is 7.74. The van der Waals surface area contributed by atoms with Gasteiger partial charge in [0.1, 0.15) is 12.4 Å². The predicted molar refractivity (Wildman–Crippen MR) is 112 cm³/mol. The zero-order valence-electron chi connectivity index (χ0n) is 17.7. The summed E-state index contributed by atoms with van der Waals surface area (Å²) in [6, 6.07) is 13.4. The Morgan fingerprint density at radius 2 is 1.53 bits per heavy atom. The van der Waals surface area contributed by atoms with Crippen LogP contribution in [0.4, 0.5) is 13.2 Å². The zero-order chi connectivity index (χ0) is 23.1. The van der Waals surface area contributed by atoms with Crippen LogP contribution >= 0.6 is 0 Å². The predicted octanol–water partition coefficient (Wildman–Crippen LogP) is 3.76. The topological polar surface area (TPSA) is 59.1 Å². The number of carbonyl (C=O) groups is 2. The van der Waals surface area contributed by atoms with Crippen LogP contribution in [0, 0.1) is 0 Å². The number of benzene rings is 2. The fourth-order valence-electron chi connectivity index (χ4n) is 3.53. The number of hydrogen-bond donors (Lipinski definition) is 0. The van der Waals surface area contributed by atoms with Crippen molar-refractivity contribution >= 4 is 11.8 Å². The highest BCUT2D eigenvalue weighted by atomic mass is 19.4. The van der Waals surface area contributed by atoms with E-state index in [1.54, 1.807) is 58.3 Å². The first-order valence-corrected chi connectivity index (χ1v) is 10.2. The number of amides is 2. The Morgan fingerprint density at radius 1 is 0.906 bits per heavy atom. The van der Waals surface area contributed by atoms with Gasteiger partial charge in [-0.25, -0.2) is 0 Å². The molecule has 6 nitrogen and oxygen atoms in total. The molecule has 2 aromatic rings. The lowest BCUT2D eigenvalue weighted by Crippen LogP contribution is -2.37. The minimum Gasteiger partial charge on any atom is -0.496 e. The van der Waals surface area contributed by atoms with Gasteiger partial charge >= 0.3 is 6.18 Å². The van der Waals surface area contributed by atoms with E-state index in [2.05, 4.69) is 4.74 Å². The highest BCUT2D eigenvalue weighted by Gasteiger charge is 2.27. The molecule has 0 radical (unpaired) electrons. The number of hydrogen-bond acceptors (Lipinski definition) is 4. The van der Waals surface area contributed by atoms with Gasteiger partial charge in [-0.3, -0.25) is 9.59 Å². The molecule has 1 aliphatic rings. The molecule has 32 heavy (non-hydrogen) atoms. The molecule has 0 atom stereocenters. The van der Waals surface area contributed by atoms with E-state index in [1.807, 2.05) is 0 Å². The van der Waals surface area contributed by atoms with Crippen LogP contribution in [-0.4, -0.2) is 67.7 Å². The molecule has 172 valence electrons. The molecule has 0 aliphatic carbocycles. The molecule has 0 N–H and O–H groups in total. The van der Waals surface area contributed by atoms with Crippen molar-refractivity contribution in [3.8, 4) is 5.75 Å². The lowest BCUT2D eigenvalue weighted by atomic mass is 10.1. The number of para-hydroxylation sites is 1. The van der Waals surface area contributed by atoms with Crippen LogP contribution in [0.1, 0.15) is 32.7 Å². The van der Waals surface area contributed by atoms with Crippen molar-refractivity contribution in [1.29, 1.82) is 0 Å². The third-order valence-corrected chi connectivity index (χ3v) is 5.14. The largest absolute Gasteiger partial charge is 0.496 e. The molecule has 0 aromatic heterocycles. The SMILES string of the molecule is COc1ccccc1C(=O)N1CCCN(C(=O)c2ccc(COCC(F)(F)F)cc2)CC1. The second kappa shape index (κ2) is 10.5. The lowest BCUT2D eigenvalue weighted by molar-refractivity contribution is -0.176. The number of ether oxygens (including phenoxy) is 2. The highest BCUT2D eigenvalue weighted by Crippen LogP contribution is 2.21. The van der Waals surface area contributed by atoms with Crippen molar-refractivity contribution in [3.05, 3.63) is 65.2 Å². The number of rotatable bonds is 6. The van der Waals surface area contributed by atoms with Crippen LogP contribution in [0.15, 0.2) is 48.5 Å². The van der Waals surface area contributed by atoms with Crippen molar-refractivity contribution in [3.63, 3.8) is 0 Å². The van der Waals surface area contributed by atoms with Crippen LogP contribution in [0.3, 0.4) is 0 Å². The Bertz CT molecular complexity index is 932. The van der Waals surface area contributed by atoms with Crippen molar-refractivity contribution in [2.75, 3.05) is 39.9 Å². The monoisotopic (exact) mass is 450 g/mol. The molecule has 1 aliphatic heterocycles. The van der Waals surface area contributed by atoms with Gasteiger partial charge in [0.15, 0.2) is 0 Å². The van der Waals surface area contributed by atoms with Gasteiger partial charge in [-0.15, -0.1) is 0 Å². The van der Waals surface area contributed by atoms with Crippen LogP contribution < -0.4 is 4.74 Å². The first kappa shape index (κ1) is 23.6. The van der Waals surface area contributed by atoms with Crippen molar-refractivity contribution in [1.82, 2.24) is 9.80 Å². The third kappa shape index (κ3) is 6.23. The summed E-state index contributed by atoms with van der Waals surface area (Å²) in [5, 5.41) is 0. The van der Waals surface area contributed by atoms with Crippen LogP contribution in [-0.2, 0) is 11.3 Å². The summed E-state index contributed by atoms with van der Waals surface area (Å²) in [6.07, 6.45) is -3.74. The molecule has 0 bridgehead atoms. The van der Waals surface area contributed by atoms with Gasteiger partial charge in [-0.2, -0.15) is 13.2 Å². The standard InChI is InChI=1S/C23H25F3N2O4/c1-31-20-6-3-2-5-19(20)22(30)28-12-4-11-27(13-14-28)21(29)18-9-7-17(8-10-18)15-32-16-23(24,25)26/h2-3,5-10H,4,11-16H2,1H3. The van der Waals surface area contributed by atoms with Gasteiger partial charge in [0.05, 0.1) is 19.3 Å². The van der Waals surface area contributed by atoms with Crippen LogP contribution in [0.2, 0.25) is 0 Å². The van der Waals surface area contributed by atoms with Gasteiger partial charge in [0.2, 0.25) is 0 Å². The minimum absolute atomic E-state index is 0.139. The van der Waals surface area contributed by atoms with Crippen LogP contribution in [0.5, 0.6) is 5.75 Å². The molecule has 3 rings (SSSR count). The van der Waals surface area contributed by atoms with Crippen molar-refractivity contribution in [2.45, 2.75) is 19.2 Å². The van der Waals surface area contributed by atoms with E-state index in [0.29, 0.717) is 55.0 Å². The molecule has 9 heteroatoms. The average Bonchev–Trinajstić information content (AvgIpc) is 3.04. The quantitative estimate of drug-likeness (QED) is 0.673. The molecule has 0 saturated carbocycles. The Hall–Kier alpha value is -3.07. The zero-order valence-corrected chi connectivity index (χ0v) is 17.7. The first-order valence-electron chi connectivity index (χ1n) is 10.2. The van der Waals surface area contributed by atoms with E-state index in [-0.39, 0.29) is 18.4 Å². The van der Waals surface area contributed by atoms with Gasteiger partial charge in [0, 0.05) is 31.7 Å². The Morgan fingerprint density at radius 3 is 2.16 bits per heavy atom. The third-order valence-electron chi connectivity index (χ3n) is 5.14. The number of halogens is 3. The molecule has 2 amide bonds. The maximum atomic E-state index is 12.9. The Labute approximate surface area is 184 Å². The average molecular weight is 450 g/mol. The second-order valence-electron chi connectivity index (χ2n) is 7.44. The maximum absolute atomic E-state index is 12.9. The number of methoxy groups -OCH3 is 1. The molecular formula is C23H25F3N2O4. The molecular weight excluding hydrogens is 425 g/mol. The van der Waals surface area contributed by atoms with Gasteiger partial charge < -0.3 is 19.3 Å². The fourth-order valence-corrected chi connectivity index (χ4v) is 3.53. The summed E-state index contributed by atoms with van der Waals surface area (Å²) < 4.78 is 46.4. The van der Waals surface area contributed by atoms with Gasteiger partial charge in [-0.05, 0) is 36.2 Å². The molecule has 1 heterocycles. The van der Waals surface area contributed by atoms with E-state index in [1.165, 1.54) is 7.11 Å². The maximum Gasteiger partial charge on any atom is 0.411 e. The van der Waals surface area contributed by atoms with E-state index < -0.39 is 12.8 Å². The second-order valence-corrected chi connectivity index (χ2v) is 7.44. The summed E-state index contributed by atoms with van der Waals surface area (Å²) in [5.41, 5.74) is 1.47. The molecule has 0 spiro atoms. The van der Waals surface area contributed by atoms with E-state index in [9.17, 15) is 22.8 Å². The minimum atomic E-state index is -4.37. The highest BCUT2D eigenvalue weighted by molar-refractivity contribution is 5.97. The molecule has 2 aromatic carbocycles. The summed E-state index contributed by atoms with van der Waals surface area (Å²) in [4.78, 5) is 29.2. The number of carbonyl (C=O) groups excluding carboxylic acids is 2. The summed E-state index contributed by atoms with van der Waals surface area (Å²) in [6.45, 7) is 0.312. The van der Waals surface area contributed by atoms with Crippen LogP contribution in [0.25, 0.3) is 0 Å². The van der Waals surface area contributed by atoms with Crippen molar-refractivity contribution in [2.24, 2.45) is 0 Å². The van der Waals surface area contributed by atoms with Gasteiger partial charge in [-0.1, -0.05) is 24.3 Å². The first-order chi connectivity index (χ1) is 15.3. The lowest BCUT2D eigenvalue weighted by Gasteiger charge is -2.23. The Balaban J connectivity index is 1.58. The molecule has 1 fully saturated rings. The van der Waals surface area contributed by atoms with Gasteiger partial charge in [0.25, 0.3) is 11.8 Å². The summed E-state index contributed by atoms with van der Waals surface area (Å²) >= 11 is 0. The number of nitrogens with zero attached hydrogens (tertiary/aromatic N) is 2. The van der Waals surface area contributed by atoms with E-state index in [4.69, 9.17) is 4.74 Å². The van der Waals surface area contributed by atoms with E-state index >= 15 is 0 Å². The van der Waals surface area contributed by atoms with E-state index in [0.717, 1.165) is 0 Å². The fraction of sp³-hybridized carbons (Fsp3) is 0.391. The van der Waals surface area contributed by atoms with Crippen molar-refractivity contribution < 1.29 is 32.2 Å². The molecule has 1 saturated heterocycles. The number of alkyl halides is 3.